The number of rotatable bonds is 6. The van der Waals surface area contributed by atoms with Gasteiger partial charge < -0.3 is 28.4 Å². The lowest BCUT2D eigenvalue weighted by Crippen LogP contribution is -2.59. The van der Waals surface area contributed by atoms with Gasteiger partial charge in [0.15, 0.2) is 0 Å². The number of hydrogen-bond donors (Lipinski definition) is 0. The second-order valence-corrected chi connectivity index (χ2v) is 6.84. The van der Waals surface area contributed by atoms with Gasteiger partial charge in [0.2, 0.25) is 0 Å². The Balaban J connectivity index is 1.32. The molecule has 2 heterocycles. The van der Waals surface area contributed by atoms with Crippen molar-refractivity contribution in [3.63, 3.8) is 0 Å². The van der Waals surface area contributed by atoms with Gasteiger partial charge in [-0.2, -0.15) is 0 Å². The Morgan fingerprint density at radius 2 is 1.07 bits per heavy atom. The number of carbonyl (C=O) groups excluding carboxylic acids is 2. The molecule has 2 aliphatic rings. The van der Waals surface area contributed by atoms with E-state index >= 15 is 0 Å². The summed E-state index contributed by atoms with van der Waals surface area (Å²) < 4.78 is 33.2. The summed E-state index contributed by atoms with van der Waals surface area (Å²) in [4.78, 5) is 24.4. The Labute approximate surface area is 173 Å². The molecule has 0 N–H and O–H groups in total. The average Bonchev–Trinajstić information content (AvgIpc) is 2.82. The van der Waals surface area contributed by atoms with Crippen molar-refractivity contribution in [2.24, 2.45) is 0 Å². The molecule has 2 aromatic rings. The van der Waals surface area contributed by atoms with Crippen molar-refractivity contribution in [1.29, 1.82) is 0 Å². The predicted octanol–water partition coefficient (Wildman–Crippen LogP) is 2.18. The highest BCUT2D eigenvalue weighted by Gasteiger charge is 2.45. The van der Waals surface area contributed by atoms with E-state index in [2.05, 4.69) is 0 Å². The van der Waals surface area contributed by atoms with Gasteiger partial charge in [0, 0.05) is 0 Å². The van der Waals surface area contributed by atoms with E-state index in [-0.39, 0.29) is 26.8 Å². The molecule has 0 spiro atoms. The van der Waals surface area contributed by atoms with E-state index in [1.165, 1.54) is 0 Å². The van der Waals surface area contributed by atoms with Crippen LogP contribution in [0.4, 0.5) is 0 Å². The third kappa shape index (κ3) is 4.85. The van der Waals surface area contributed by atoms with Gasteiger partial charge in [-0.3, -0.25) is 0 Å². The maximum atomic E-state index is 12.2. The van der Waals surface area contributed by atoms with E-state index in [0.717, 1.165) is 0 Å². The fourth-order valence-electron chi connectivity index (χ4n) is 3.34. The van der Waals surface area contributed by atoms with Crippen LogP contribution >= 0.6 is 0 Å². The van der Waals surface area contributed by atoms with Crippen molar-refractivity contribution in [2.45, 2.75) is 24.4 Å². The smallest absolute Gasteiger partial charge is 0.338 e. The first kappa shape index (κ1) is 20.5. The summed E-state index contributed by atoms with van der Waals surface area (Å²) in [6, 6.07) is 17.4. The molecule has 2 fully saturated rings. The van der Waals surface area contributed by atoms with Crippen LogP contribution in [0.2, 0.25) is 0 Å². The molecule has 158 valence electrons. The molecule has 30 heavy (non-hydrogen) atoms. The molecule has 2 aromatic carbocycles. The van der Waals surface area contributed by atoms with E-state index in [4.69, 9.17) is 28.4 Å². The fraction of sp³-hybridized carbons (Fsp3) is 0.364. The van der Waals surface area contributed by atoms with Crippen molar-refractivity contribution < 1.29 is 38.0 Å². The SMILES string of the molecule is O=C(OC[C@H]1OCO[C@H]2[C@@H]1OCO[C@@H]2COC(=O)c1ccccc1)c1ccccc1. The van der Waals surface area contributed by atoms with Crippen LogP contribution in [0.1, 0.15) is 20.7 Å². The van der Waals surface area contributed by atoms with Crippen molar-refractivity contribution in [3.8, 4) is 0 Å². The first-order valence-electron chi connectivity index (χ1n) is 9.63. The summed E-state index contributed by atoms with van der Waals surface area (Å²) in [6.07, 6.45) is -2.08. The van der Waals surface area contributed by atoms with Gasteiger partial charge in [0.1, 0.15) is 51.2 Å². The maximum absolute atomic E-state index is 12.2. The van der Waals surface area contributed by atoms with Crippen LogP contribution in [0.5, 0.6) is 0 Å². The van der Waals surface area contributed by atoms with E-state index in [0.29, 0.717) is 11.1 Å². The van der Waals surface area contributed by atoms with Gasteiger partial charge in [0.05, 0.1) is 11.1 Å². The Bertz CT molecular complexity index is 769. The van der Waals surface area contributed by atoms with Gasteiger partial charge in [-0.25, -0.2) is 9.59 Å². The van der Waals surface area contributed by atoms with E-state index in [1.807, 2.05) is 12.1 Å². The Hall–Kier alpha value is -2.78. The van der Waals surface area contributed by atoms with Gasteiger partial charge in [0.25, 0.3) is 0 Å². The molecule has 0 radical (unpaired) electrons. The summed E-state index contributed by atoms with van der Waals surface area (Å²) in [7, 11) is 0. The number of fused-ring (bicyclic) bond motifs is 1. The number of carbonyl (C=O) groups is 2. The molecule has 0 amide bonds. The molecule has 2 aliphatic heterocycles. The number of esters is 2. The number of benzene rings is 2. The third-order valence-electron chi connectivity index (χ3n) is 4.92. The lowest BCUT2D eigenvalue weighted by atomic mass is 10.0. The van der Waals surface area contributed by atoms with E-state index in [9.17, 15) is 9.59 Å². The normalized spacial score (nSPS) is 25.7. The summed E-state index contributed by atoms with van der Waals surface area (Å²) in [5.41, 5.74) is 0.916. The Morgan fingerprint density at radius 1 is 0.667 bits per heavy atom. The standard InChI is InChI=1S/C22H22O8/c23-21(15-7-3-1-4-8-15)25-11-17-19-20(30-13-27-17)18(28-14-29-19)12-26-22(24)16-9-5-2-6-10-16/h1-10,17-20H,11-14H2/t17-,18-,19-,20-/m1/s1. The maximum Gasteiger partial charge on any atom is 0.338 e. The van der Waals surface area contributed by atoms with Crippen LogP contribution in [0.3, 0.4) is 0 Å². The minimum absolute atomic E-state index is 0.00871. The Kier molecular flexibility index (Phi) is 6.70. The molecule has 4 rings (SSSR count). The molecular formula is C22H22O8. The minimum atomic E-state index is -0.521. The lowest BCUT2D eigenvalue weighted by molar-refractivity contribution is -0.328. The quantitative estimate of drug-likeness (QED) is 0.665. The van der Waals surface area contributed by atoms with E-state index < -0.39 is 36.4 Å². The lowest BCUT2D eigenvalue weighted by Gasteiger charge is -2.43. The monoisotopic (exact) mass is 414 g/mol. The first-order chi connectivity index (χ1) is 14.7. The average molecular weight is 414 g/mol. The van der Waals surface area contributed by atoms with Crippen molar-refractivity contribution in [3.05, 3.63) is 71.8 Å². The molecule has 0 saturated carbocycles. The van der Waals surface area contributed by atoms with Crippen molar-refractivity contribution in [1.82, 2.24) is 0 Å². The summed E-state index contributed by atoms with van der Waals surface area (Å²) in [5, 5.41) is 0. The minimum Gasteiger partial charge on any atom is -0.459 e. The van der Waals surface area contributed by atoms with E-state index in [1.54, 1.807) is 48.5 Å². The predicted molar refractivity (Wildman–Crippen MR) is 103 cm³/mol. The zero-order valence-corrected chi connectivity index (χ0v) is 16.2. The summed E-state index contributed by atoms with van der Waals surface area (Å²) >= 11 is 0. The number of hydrogen-bond acceptors (Lipinski definition) is 8. The topological polar surface area (TPSA) is 89.5 Å². The fourth-order valence-corrected chi connectivity index (χ4v) is 3.34. The highest BCUT2D eigenvalue weighted by Crippen LogP contribution is 2.26. The van der Waals surface area contributed by atoms with Crippen LogP contribution in [0.25, 0.3) is 0 Å². The molecule has 0 unspecified atom stereocenters. The van der Waals surface area contributed by atoms with Crippen molar-refractivity contribution >= 4 is 11.9 Å². The molecule has 8 nitrogen and oxygen atoms in total. The molecular weight excluding hydrogens is 392 g/mol. The van der Waals surface area contributed by atoms with Crippen LogP contribution in [0, 0.1) is 0 Å². The molecule has 4 atom stereocenters. The molecule has 0 aromatic heterocycles. The first-order valence-corrected chi connectivity index (χ1v) is 9.63. The Morgan fingerprint density at radius 3 is 1.47 bits per heavy atom. The van der Waals surface area contributed by atoms with Gasteiger partial charge >= 0.3 is 11.9 Å². The molecule has 2 saturated heterocycles. The second kappa shape index (κ2) is 9.82. The molecule has 0 aliphatic carbocycles. The van der Waals surface area contributed by atoms with Crippen LogP contribution < -0.4 is 0 Å². The summed E-state index contributed by atoms with van der Waals surface area (Å²) in [5.74, 6) is -0.884. The van der Waals surface area contributed by atoms with Crippen LogP contribution in [-0.2, 0) is 28.4 Å². The van der Waals surface area contributed by atoms with Gasteiger partial charge in [-0.15, -0.1) is 0 Å². The summed E-state index contributed by atoms with van der Waals surface area (Å²) in [6.45, 7) is -0.00129. The zero-order valence-electron chi connectivity index (χ0n) is 16.2. The molecule has 8 heteroatoms. The van der Waals surface area contributed by atoms with Gasteiger partial charge in [-0.05, 0) is 24.3 Å². The largest absolute Gasteiger partial charge is 0.459 e. The highest BCUT2D eigenvalue weighted by atomic mass is 16.8. The second-order valence-electron chi connectivity index (χ2n) is 6.84. The van der Waals surface area contributed by atoms with Crippen LogP contribution in [-0.4, -0.2) is 63.2 Å². The van der Waals surface area contributed by atoms with Crippen molar-refractivity contribution in [2.75, 3.05) is 26.8 Å². The molecule has 0 bridgehead atoms. The number of ether oxygens (including phenoxy) is 6. The highest BCUT2D eigenvalue weighted by molar-refractivity contribution is 5.89. The van der Waals surface area contributed by atoms with Crippen LogP contribution in [0.15, 0.2) is 60.7 Å². The van der Waals surface area contributed by atoms with Gasteiger partial charge in [-0.1, -0.05) is 36.4 Å². The zero-order chi connectivity index (χ0) is 20.8. The third-order valence-corrected chi connectivity index (χ3v) is 4.92.